The number of fused-ring (bicyclic) bond motifs is 1. The van der Waals surface area contributed by atoms with Crippen molar-refractivity contribution in [3.63, 3.8) is 0 Å². The molecule has 0 aliphatic heterocycles. The highest BCUT2D eigenvalue weighted by molar-refractivity contribution is 5.98. The summed E-state index contributed by atoms with van der Waals surface area (Å²) in [5, 5.41) is 3.56. The molecular formula is C22H25FN2O2. The van der Waals surface area contributed by atoms with Crippen LogP contribution in [0, 0.1) is 12.7 Å². The van der Waals surface area contributed by atoms with Crippen LogP contribution in [0.5, 0.6) is 0 Å². The van der Waals surface area contributed by atoms with Crippen molar-refractivity contribution in [2.45, 2.75) is 33.9 Å². The fourth-order valence-corrected chi connectivity index (χ4v) is 3.24. The van der Waals surface area contributed by atoms with E-state index < -0.39 is 0 Å². The molecule has 0 fully saturated rings. The van der Waals surface area contributed by atoms with Gasteiger partial charge in [0.15, 0.2) is 5.76 Å². The number of nitrogens with one attached hydrogen (secondary N) is 1. The van der Waals surface area contributed by atoms with Crippen molar-refractivity contribution in [2.75, 3.05) is 13.1 Å². The molecule has 1 heterocycles. The molecule has 3 aromatic rings. The minimum Gasteiger partial charge on any atom is -0.451 e. The van der Waals surface area contributed by atoms with E-state index in [1.165, 1.54) is 17.7 Å². The van der Waals surface area contributed by atoms with Gasteiger partial charge in [-0.25, -0.2) is 4.39 Å². The Morgan fingerprint density at radius 3 is 2.52 bits per heavy atom. The van der Waals surface area contributed by atoms with Crippen LogP contribution in [0.3, 0.4) is 0 Å². The van der Waals surface area contributed by atoms with E-state index >= 15 is 0 Å². The molecule has 3 rings (SSSR count). The first-order chi connectivity index (χ1) is 13.0. The van der Waals surface area contributed by atoms with Gasteiger partial charge in [0.25, 0.3) is 5.91 Å². The van der Waals surface area contributed by atoms with Gasteiger partial charge in [-0.1, -0.05) is 38.1 Å². The van der Waals surface area contributed by atoms with Gasteiger partial charge in [-0.15, -0.1) is 0 Å². The number of rotatable bonds is 7. The first-order valence-corrected chi connectivity index (χ1v) is 9.29. The molecule has 142 valence electrons. The van der Waals surface area contributed by atoms with Crippen LogP contribution in [-0.2, 0) is 13.1 Å². The fraction of sp³-hybridized carbons (Fsp3) is 0.318. The largest absolute Gasteiger partial charge is 0.451 e. The van der Waals surface area contributed by atoms with Gasteiger partial charge in [-0.05, 0) is 49.3 Å². The number of nitrogens with zero attached hydrogens (tertiary/aromatic N) is 1. The van der Waals surface area contributed by atoms with Gasteiger partial charge in [-0.3, -0.25) is 9.69 Å². The lowest BCUT2D eigenvalue weighted by Crippen LogP contribution is -2.26. The highest BCUT2D eigenvalue weighted by atomic mass is 19.1. The molecule has 4 nitrogen and oxygen atoms in total. The second-order valence-electron chi connectivity index (χ2n) is 6.61. The maximum absolute atomic E-state index is 13.5. The summed E-state index contributed by atoms with van der Waals surface area (Å²) in [5.74, 6) is -0.401. The first kappa shape index (κ1) is 19.1. The van der Waals surface area contributed by atoms with Gasteiger partial charge >= 0.3 is 0 Å². The van der Waals surface area contributed by atoms with Gasteiger partial charge in [-0.2, -0.15) is 0 Å². The first-order valence-electron chi connectivity index (χ1n) is 9.29. The number of halogens is 1. The lowest BCUT2D eigenvalue weighted by molar-refractivity contribution is 0.0924. The number of hydrogen-bond donors (Lipinski definition) is 1. The van der Waals surface area contributed by atoms with E-state index in [0.29, 0.717) is 23.1 Å². The van der Waals surface area contributed by atoms with E-state index in [-0.39, 0.29) is 17.5 Å². The average molecular weight is 368 g/mol. The molecule has 0 bridgehead atoms. The zero-order valence-electron chi connectivity index (χ0n) is 16.0. The van der Waals surface area contributed by atoms with Crippen molar-refractivity contribution in [3.8, 4) is 0 Å². The number of benzene rings is 2. The molecule has 0 radical (unpaired) electrons. The van der Waals surface area contributed by atoms with Crippen LogP contribution in [0.1, 0.15) is 41.1 Å². The quantitative estimate of drug-likeness (QED) is 0.660. The third-order valence-electron chi connectivity index (χ3n) is 4.95. The molecule has 0 unspecified atom stereocenters. The molecule has 0 aliphatic rings. The molecule has 27 heavy (non-hydrogen) atoms. The minimum absolute atomic E-state index is 0.233. The van der Waals surface area contributed by atoms with Gasteiger partial charge in [0.2, 0.25) is 0 Å². The van der Waals surface area contributed by atoms with Crippen LogP contribution >= 0.6 is 0 Å². The Morgan fingerprint density at radius 1 is 1.11 bits per heavy atom. The third-order valence-corrected chi connectivity index (χ3v) is 4.95. The summed E-state index contributed by atoms with van der Waals surface area (Å²) in [6.45, 7) is 9.28. The summed E-state index contributed by atoms with van der Waals surface area (Å²) < 4.78 is 19.1. The standard InChI is InChI=1S/C22H25FN2O2/c1-4-25(5-2)14-17-9-7-6-8-16(17)13-24-22(26)21-15(3)19-12-18(23)10-11-20(19)27-21/h6-12H,4-5,13-14H2,1-3H3,(H,24,26). The Bertz CT molecular complexity index is 945. The number of hydrogen-bond acceptors (Lipinski definition) is 3. The Hall–Kier alpha value is -2.66. The van der Waals surface area contributed by atoms with Crippen LogP contribution in [0.2, 0.25) is 0 Å². The zero-order valence-corrected chi connectivity index (χ0v) is 16.0. The highest BCUT2D eigenvalue weighted by Gasteiger charge is 2.18. The molecule has 5 heteroatoms. The maximum atomic E-state index is 13.5. The number of carbonyl (C=O) groups is 1. The summed E-state index contributed by atoms with van der Waals surface area (Å²) in [6.07, 6.45) is 0. The Labute approximate surface area is 159 Å². The average Bonchev–Trinajstić information content (AvgIpc) is 3.01. The van der Waals surface area contributed by atoms with Gasteiger partial charge in [0.1, 0.15) is 11.4 Å². The molecular weight excluding hydrogens is 343 g/mol. The second kappa shape index (κ2) is 8.35. The van der Waals surface area contributed by atoms with Crippen LogP contribution in [0.4, 0.5) is 4.39 Å². The van der Waals surface area contributed by atoms with Crippen molar-refractivity contribution in [2.24, 2.45) is 0 Å². The Balaban J connectivity index is 1.76. The second-order valence-corrected chi connectivity index (χ2v) is 6.61. The summed E-state index contributed by atoms with van der Waals surface area (Å²) in [5.41, 5.74) is 3.45. The zero-order chi connectivity index (χ0) is 19.4. The Kier molecular flexibility index (Phi) is 5.91. The van der Waals surface area contributed by atoms with E-state index in [1.807, 2.05) is 18.2 Å². The molecule has 2 aromatic carbocycles. The summed E-state index contributed by atoms with van der Waals surface area (Å²) in [4.78, 5) is 15.0. The SMILES string of the molecule is CCN(CC)Cc1ccccc1CNC(=O)c1oc2ccc(F)cc2c1C. The van der Waals surface area contributed by atoms with Crippen LogP contribution in [0.15, 0.2) is 46.9 Å². The van der Waals surface area contributed by atoms with Crippen molar-refractivity contribution in [3.05, 3.63) is 70.7 Å². The van der Waals surface area contributed by atoms with E-state index in [1.54, 1.807) is 13.0 Å². The highest BCUT2D eigenvalue weighted by Crippen LogP contribution is 2.26. The van der Waals surface area contributed by atoms with Gasteiger partial charge in [0.05, 0.1) is 0 Å². The van der Waals surface area contributed by atoms with Crippen molar-refractivity contribution in [1.29, 1.82) is 0 Å². The minimum atomic E-state index is -0.344. The molecule has 0 spiro atoms. The van der Waals surface area contributed by atoms with E-state index in [2.05, 4.69) is 30.1 Å². The molecule has 1 N–H and O–H groups in total. The number of aryl methyl sites for hydroxylation is 1. The van der Waals surface area contributed by atoms with Crippen LogP contribution in [0.25, 0.3) is 11.0 Å². The maximum Gasteiger partial charge on any atom is 0.287 e. The predicted molar refractivity (Wildman–Crippen MR) is 105 cm³/mol. The van der Waals surface area contributed by atoms with Crippen molar-refractivity contribution < 1.29 is 13.6 Å². The molecule has 0 saturated carbocycles. The van der Waals surface area contributed by atoms with Gasteiger partial charge in [0, 0.05) is 24.0 Å². The molecule has 0 aliphatic carbocycles. The number of carbonyl (C=O) groups excluding carboxylic acids is 1. The Morgan fingerprint density at radius 2 is 1.81 bits per heavy atom. The topological polar surface area (TPSA) is 45.5 Å². The number of amides is 1. The predicted octanol–water partition coefficient (Wildman–Crippen LogP) is 4.65. The van der Waals surface area contributed by atoms with E-state index in [9.17, 15) is 9.18 Å². The monoisotopic (exact) mass is 368 g/mol. The molecule has 1 amide bonds. The summed E-state index contributed by atoms with van der Waals surface area (Å²) >= 11 is 0. The number of furan rings is 1. The lowest BCUT2D eigenvalue weighted by Gasteiger charge is -2.20. The normalized spacial score (nSPS) is 11.3. The third kappa shape index (κ3) is 4.19. The van der Waals surface area contributed by atoms with E-state index in [4.69, 9.17) is 4.42 Å². The lowest BCUT2D eigenvalue weighted by atomic mass is 10.1. The van der Waals surface area contributed by atoms with Crippen molar-refractivity contribution in [1.82, 2.24) is 10.2 Å². The summed E-state index contributed by atoms with van der Waals surface area (Å²) in [7, 11) is 0. The summed E-state index contributed by atoms with van der Waals surface area (Å²) in [6, 6.07) is 12.4. The van der Waals surface area contributed by atoms with Crippen LogP contribution < -0.4 is 5.32 Å². The van der Waals surface area contributed by atoms with Gasteiger partial charge < -0.3 is 9.73 Å². The van der Waals surface area contributed by atoms with Crippen molar-refractivity contribution >= 4 is 16.9 Å². The molecule has 0 saturated heterocycles. The van der Waals surface area contributed by atoms with Crippen LogP contribution in [-0.4, -0.2) is 23.9 Å². The molecule has 1 aromatic heterocycles. The molecule has 0 atom stereocenters. The fourth-order valence-electron chi connectivity index (χ4n) is 3.24. The smallest absolute Gasteiger partial charge is 0.287 e. The van der Waals surface area contributed by atoms with E-state index in [0.717, 1.165) is 25.2 Å².